The van der Waals surface area contributed by atoms with Gasteiger partial charge in [-0.1, -0.05) is 41.9 Å². The second kappa shape index (κ2) is 7.72. The first kappa shape index (κ1) is 15.4. The van der Waals surface area contributed by atoms with Gasteiger partial charge in [-0.05, 0) is 43.8 Å². The Morgan fingerprint density at radius 2 is 1.70 bits per heavy atom. The molecule has 0 aliphatic heterocycles. The number of halogens is 1. The second-order valence-corrected chi connectivity index (χ2v) is 6.47. The third-order valence-electron chi connectivity index (χ3n) is 3.47. The number of thioether (sulfide) groups is 1. The number of rotatable bonds is 6. The molecule has 0 heterocycles. The monoisotopic (exact) mass is 305 g/mol. The molecule has 0 spiro atoms. The van der Waals surface area contributed by atoms with Crippen molar-refractivity contribution in [2.24, 2.45) is 0 Å². The maximum Gasteiger partial charge on any atom is 0.0406 e. The summed E-state index contributed by atoms with van der Waals surface area (Å²) in [7, 11) is 2.17. The predicted octanol–water partition coefficient (Wildman–Crippen LogP) is 5.13. The number of hydrogen-bond acceptors (Lipinski definition) is 2. The molecule has 0 N–H and O–H groups in total. The van der Waals surface area contributed by atoms with Gasteiger partial charge in [0.2, 0.25) is 0 Å². The number of nitrogens with zero attached hydrogens (tertiary/aromatic N) is 1. The Morgan fingerprint density at radius 1 is 1.05 bits per heavy atom. The fraction of sp³-hybridized carbons (Fsp3) is 0.294. The smallest absolute Gasteiger partial charge is 0.0406 e. The van der Waals surface area contributed by atoms with Crippen LogP contribution < -0.4 is 0 Å². The minimum absolute atomic E-state index is 0.406. The van der Waals surface area contributed by atoms with Crippen LogP contribution in [-0.4, -0.2) is 24.2 Å². The van der Waals surface area contributed by atoms with E-state index < -0.39 is 0 Å². The van der Waals surface area contributed by atoms with Gasteiger partial charge < -0.3 is 0 Å². The zero-order chi connectivity index (χ0) is 14.4. The zero-order valence-corrected chi connectivity index (χ0v) is 13.5. The summed E-state index contributed by atoms with van der Waals surface area (Å²) in [5, 5.41) is 0.795. The molecule has 0 amide bonds. The lowest BCUT2D eigenvalue weighted by molar-refractivity contribution is 0.278. The van der Waals surface area contributed by atoms with Crippen LogP contribution in [0, 0.1) is 0 Å². The molecule has 0 saturated heterocycles. The Labute approximate surface area is 130 Å². The largest absolute Gasteiger partial charge is 0.299 e. The van der Waals surface area contributed by atoms with Gasteiger partial charge in [-0.25, -0.2) is 0 Å². The summed E-state index contributed by atoms with van der Waals surface area (Å²) in [6, 6.07) is 19.1. The standard InChI is InChI=1S/C17H20ClNS/c1-14(15-8-10-16(18)11-9-15)19(2)12-13-20-17-6-4-3-5-7-17/h3-11,14H,12-13H2,1-2H3. The van der Waals surface area contributed by atoms with Crippen LogP contribution in [0.3, 0.4) is 0 Å². The molecule has 0 bridgehead atoms. The topological polar surface area (TPSA) is 3.24 Å². The minimum Gasteiger partial charge on any atom is -0.299 e. The van der Waals surface area contributed by atoms with Crippen LogP contribution in [0.15, 0.2) is 59.5 Å². The third-order valence-corrected chi connectivity index (χ3v) is 4.71. The van der Waals surface area contributed by atoms with E-state index >= 15 is 0 Å². The van der Waals surface area contributed by atoms with Crippen LogP contribution in [-0.2, 0) is 0 Å². The fourth-order valence-corrected chi connectivity index (χ4v) is 3.10. The molecule has 2 aromatic carbocycles. The molecule has 0 aliphatic carbocycles. The lowest BCUT2D eigenvalue weighted by atomic mass is 10.1. The van der Waals surface area contributed by atoms with Crippen molar-refractivity contribution in [2.75, 3.05) is 19.3 Å². The summed E-state index contributed by atoms with van der Waals surface area (Å²) in [6.45, 7) is 3.29. The van der Waals surface area contributed by atoms with Crippen molar-refractivity contribution in [3.05, 3.63) is 65.2 Å². The van der Waals surface area contributed by atoms with E-state index in [4.69, 9.17) is 11.6 Å². The highest BCUT2D eigenvalue weighted by atomic mass is 35.5. The molecule has 20 heavy (non-hydrogen) atoms. The van der Waals surface area contributed by atoms with E-state index in [-0.39, 0.29) is 0 Å². The maximum atomic E-state index is 5.93. The van der Waals surface area contributed by atoms with Gasteiger partial charge in [-0.15, -0.1) is 11.8 Å². The molecule has 3 heteroatoms. The molecule has 1 atom stereocenters. The Kier molecular flexibility index (Phi) is 5.96. The first-order chi connectivity index (χ1) is 9.66. The Hall–Kier alpha value is -0.960. The van der Waals surface area contributed by atoms with Crippen molar-refractivity contribution in [1.82, 2.24) is 4.90 Å². The van der Waals surface area contributed by atoms with E-state index in [1.54, 1.807) is 0 Å². The average Bonchev–Trinajstić information content (AvgIpc) is 2.48. The van der Waals surface area contributed by atoms with Crippen molar-refractivity contribution < 1.29 is 0 Å². The van der Waals surface area contributed by atoms with Gasteiger partial charge in [0.15, 0.2) is 0 Å². The molecule has 0 fully saturated rings. The van der Waals surface area contributed by atoms with Gasteiger partial charge in [0.25, 0.3) is 0 Å². The van der Waals surface area contributed by atoms with Crippen LogP contribution in [0.1, 0.15) is 18.5 Å². The molecule has 0 radical (unpaired) electrons. The van der Waals surface area contributed by atoms with Gasteiger partial charge >= 0.3 is 0 Å². The first-order valence-corrected chi connectivity index (χ1v) is 8.17. The minimum atomic E-state index is 0.406. The summed E-state index contributed by atoms with van der Waals surface area (Å²) in [4.78, 5) is 3.71. The van der Waals surface area contributed by atoms with Gasteiger partial charge in [-0.3, -0.25) is 4.90 Å². The zero-order valence-electron chi connectivity index (χ0n) is 11.9. The molecular formula is C17H20ClNS. The molecule has 0 aromatic heterocycles. The first-order valence-electron chi connectivity index (χ1n) is 6.80. The predicted molar refractivity (Wildman–Crippen MR) is 89.7 cm³/mol. The maximum absolute atomic E-state index is 5.93. The van der Waals surface area contributed by atoms with Crippen molar-refractivity contribution in [1.29, 1.82) is 0 Å². The second-order valence-electron chi connectivity index (χ2n) is 4.87. The highest BCUT2D eigenvalue weighted by Gasteiger charge is 2.11. The molecule has 0 saturated carbocycles. The lowest BCUT2D eigenvalue weighted by Gasteiger charge is -2.25. The summed E-state index contributed by atoms with van der Waals surface area (Å²) < 4.78 is 0. The van der Waals surface area contributed by atoms with Crippen LogP contribution >= 0.6 is 23.4 Å². The van der Waals surface area contributed by atoms with Crippen molar-refractivity contribution in [3.63, 3.8) is 0 Å². The van der Waals surface area contributed by atoms with E-state index in [1.165, 1.54) is 10.5 Å². The quantitative estimate of drug-likeness (QED) is 0.681. The molecule has 2 rings (SSSR count). The molecule has 1 unspecified atom stereocenters. The van der Waals surface area contributed by atoms with E-state index in [0.717, 1.165) is 17.3 Å². The van der Waals surface area contributed by atoms with Crippen LogP contribution in [0.2, 0.25) is 5.02 Å². The van der Waals surface area contributed by atoms with E-state index in [0.29, 0.717) is 6.04 Å². The third kappa shape index (κ3) is 4.55. The highest BCUT2D eigenvalue weighted by Crippen LogP contribution is 2.22. The van der Waals surface area contributed by atoms with Gasteiger partial charge in [0.1, 0.15) is 0 Å². The van der Waals surface area contributed by atoms with E-state index in [9.17, 15) is 0 Å². The number of benzene rings is 2. The lowest BCUT2D eigenvalue weighted by Crippen LogP contribution is -2.24. The molecule has 1 nitrogen and oxygen atoms in total. The van der Waals surface area contributed by atoms with Gasteiger partial charge in [-0.2, -0.15) is 0 Å². The Balaban J connectivity index is 1.82. The van der Waals surface area contributed by atoms with Gasteiger partial charge in [0.05, 0.1) is 0 Å². The molecular weight excluding hydrogens is 286 g/mol. The molecule has 2 aromatic rings. The van der Waals surface area contributed by atoms with E-state index in [1.807, 2.05) is 23.9 Å². The van der Waals surface area contributed by atoms with Gasteiger partial charge in [0, 0.05) is 28.3 Å². The summed E-state index contributed by atoms with van der Waals surface area (Å²) >= 11 is 7.83. The normalized spacial score (nSPS) is 12.6. The summed E-state index contributed by atoms with van der Waals surface area (Å²) in [5.74, 6) is 1.10. The summed E-state index contributed by atoms with van der Waals surface area (Å²) in [6.07, 6.45) is 0. The van der Waals surface area contributed by atoms with Crippen molar-refractivity contribution in [2.45, 2.75) is 17.9 Å². The number of hydrogen-bond donors (Lipinski definition) is 0. The van der Waals surface area contributed by atoms with Crippen molar-refractivity contribution in [3.8, 4) is 0 Å². The van der Waals surface area contributed by atoms with Crippen molar-refractivity contribution >= 4 is 23.4 Å². The highest BCUT2D eigenvalue weighted by molar-refractivity contribution is 7.99. The Bertz CT molecular complexity index is 512. The van der Waals surface area contributed by atoms with E-state index in [2.05, 4.69) is 61.3 Å². The summed E-state index contributed by atoms with van der Waals surface area (Å²) in [5.41, 5.74) is 1.31. The van der Waals surface area contributed by atoms with Crippen LogP contribution in [0.4, 0.5) is 0 Å². The average molecular weight is 306 g/mol. The Morgan fingerprint density at radius 3 is 2.35 bits per heavy atom. The SMILES string of the molecule is CC(c1ccc(Cl)cc1)N(C)CCSc1ccccc1. The molecule has 0 aliphatic rings. The molecule has 106 valence electrons. The fourth-order valence-electron chi connectivity index (χ4n) is 2.01. The van der Waals surface area contributed by atoms with Crippen LogP contribution in [0.25, 0.3) is 0 Å². The van der Waals surface area contributed by atoms with Crippen LogP contribution in [0.5, 0.6) is 0 Å².